The van der Waals surface area contributed by atoms with Crippen molar-refractivity contribution in [3.8, 4) is 5.75 Å². The van der Waals surface area contributed by atoms with Crippen LogP contribution in [0, 0.1) is 5.82 Å². The molecule has 0 spiro atoms. The van der Waals surface area contributed by atoms with Gasteiger partial charge in [-0.25, -0.2) is 14.0 Å². The van der Waals surface area contributed by atoms with Gasteiger partial charge in [-0.05, 0) is 50.2 Å². The molecule has 0 radical (unpaired) electrons. The number of fused-ring (bicyclic) bond motifs is 1. The molecule has 1 aromatic heterocycles. The summed E-state index contributed by atoms with van der Waals surface area (Å²) in [5, 5.41) is 3.71. The van der Waals surface area contributed by atoms with E-state index in [1.54, 1.807) is 38.2 Å². The van der Waals surface area contributed by atoms with Crippen LogP contribution in [0.5, 0.6) is 5.75 Å². The van der Waals surface area contributed by atoms with E-state index >= 15 is 0 Å². The lowest BCUT2D eigenvalue weighted by molar-refractivity contribution is -0.136. The molecule has 0 aliphatic rings. The normalized spacial score (nSPS) is 11.3. The number of H-pyrrole nitrogens is 1. The number of methoxy groups -OCH3 is 1. The highest BCUT2D eigenvalue weighted by molar-refractivity contribution is 6.19. The number of carbonyl (C=O) groups is 2. The highest BCUT2D eigenvalue weighted by Crippen LogP contribution is 2.28. The van der Waals surface area contributed by atoms with Gasteiger partial charge in [0.2, 0.25) is 0 Å². The number of halogens is 1. The molecule has 0 amide bonds. The average Bonchev–Trinajstić information content (AvgIpc) is 3.22. The number of aromatic nitrogens is 1. The summed E-state index contributed by atoms with van der Waals surface area (Å²) in [7, 11) is 1.47. The Hall–Kier alpha value is -3.81. The summed E-state index contributed by atoms with van der Waals surface area (Å²) >= 11 is 0. The third-order valence-electron chi connectivity index (χ3n) is 4.51. The molecule has 8 heteroatoms. The molecule has 0 unspecified atom stereocenters. The molecule has 2 N–H and O–H groups in total. The Balaban J connectivity index is 2.10. The zero-order valence-electron chi connectivity index (χ0n) is 17.5. The average molecular weight is 426 g/mol. The van der Waals surface area contributed by atoms with Crippen LogP contribution in [0.15, 0.2) is 48.8 Å². The Morgan fingerprint density at radius 3 is 2.55 bits per heavy atom. The van der Waals surface area contributed by atoms with Gasteiger partial charge in [0.25, 0.3) is 0 Å². The highest BCUT2D eigenvalue weighted by atomic mass is 19.1. The summed E-state index contributed by atoms with van der Waals surface area (Å²) in [6.07, 6.45) is 3.08. The quantitative estimate of drug-likeness (QED) is 0.407. The Bertz CT molecular complexity index is 1140. The monoisotopic (exact) mass is 426 g/mol. The van der Waals surface area contributed by atoms with Crippen LogP contribution in [0.3, 0.4) is 0 Å². The van der Waals surface area contributed by atoms with Gasteiger partial charge in [-0.2, -0.15) is 0 Å². The maximum atomic E-state index is 14.0. The molecular weight excluding hydrogens is 403 g/mol. The molecule has 0 saturated carbocycles. The van der Waals surface area contributed by atoms with Crippen molar-refractivity contribution in [3.05, 3.63) is 65.7 Å². The van der Waals surface area contributed by atoms with Crippen LogP contribution in [0.2, 0.25) is 0 Å². The van der Waals surface area contributed by atoms with Crippen molar-refractivity contribution < 1.29 is 28.2 Å². The van der Waals surface area contributed by atoms with Crippen LogP contribution in [-0.2, 0) is 14.3 Å². The van der Waals surface area contributed by atoms with Gasteiger partial charge < -0.3 is 24.5 Å². The molecule has 0 aliphatic carbocycles. The van der Waals surface area contributed by atoms with E-state index in [9.17, 15) is 14.0 Å². The second-order valence-corrected chi connectivity index (χ2v) is 6.45. The van der Waals surface area contributed by atoms with Crippen molar-refractivity contribution >= 4 is 34.1 Å². The zero-order valence-corrected chi connectivity index (χ0v) is 17.5. The van der Waals surface area contributed by atoms with Crippen molar-refractivity contribution in [1.82, 2.24) is 4.98 Å². The third-order valence-corrected chi connectivity index (χ3v) is 4.51. The molecule has 0 aliphatic heterocycles. The van der Waals surface area contributed by atoms with E-state index < -0.39 is 17.8 Å². The molecular formula is C23H23FN2O5. The Kier molecular flexibility index (Phi) is 6.92. The third kappa shape index (κ3) is 4.85. The Morgan fingerprint density at radius 1 is 1.06 bits per heavy atom. The first-order valence-electron chi connectivity index (χ1n) is 9.74. The van der Waals surface area contributed by atoms with E-state index in [2.05, 4.69) is 10.3 Å². The second kappa shape index (κ2) is 9.80. The van der Waals surface area contributed by atoms with Crippen molar-refractivity contribution in [2.75, 3.05) is 25.6 Å². The van der Waals surface area contributed by atoms with Gasteiger partial charge in [-0.15, -0.1) is 0 Å². The molecule has 0 bridgehead atoms. The molecule has 162 valence electrons. The lowest BCUT2D eigenvalue weighted by atomic mass is 9.99. The Labute approximate surface area is 178 Å². The predicted octanol–water partition coefficient (Wildman–Crippen LogP) is 4.51. The standard InChI is InChI=1S/C23H23FN2O5/c1-4-30-22(27)18-12-15(29-3)6-7-16(18)19(23(28)31-5-2)13-26-21-11-14(24)10-20-17(21)8-9-25-20/h6-13,25-26H,4-5H2,1-3H3. The number of rotatable bonds is 8. The van der Waals surface area contributed by atoms with Gasteiger partial charge in [0.15, 0.2) is 0 Å². The number of carbonyl (C=O) groups excluding carboxylic acids is 2. The van der Waals surface area contributed by atoms with Gasteiger partial charge in [0.1, 0.15) is 11.6 Å². The van der Waals surface area contributed by atoms with Crippen LogP contribution in [0.4, 0.5) is 10.1 Å². The first-order chi connectivity index (χ1) is 15.0. The molecule has 2 aromatic carbocycles. The largest absolute Gasteiger partial charge is 0.497 e. The number of hydrogen-bond acceptors (Lipinski definition) is 6. The summed E-state index contributed by atoms with van der Waals surface area (Å²) < 4.78 is 29.5. The van der Waals surface area contributed by atoms with Gasteiger partial charge in [0, 0.05) is 23.3 Å². The fourth-order valence-electron chi connectivity index (χ4n) is 3.12. The molecule has 3 aromatic rings. The van der Waals surface area contributed by atoms with E-state index in [4.69, 9.17) is 14.2 Å². The lowest BCUT2D eigenvalue weighted by Gasteiger charge is -2.14. The van der Waals surface area contributed by atoms with Gasteiger partial charge in [-0.1, -0.05) is 0 Å². The number of esters is 2. The van der Waals surface area contributed by atoms with E-state index in [-0.39, 0.29) is 24.4 Å². The van der Waals surface area contributed by atoms with Crippen LogP contribution in [-0.4, -0.2) is 37.2 Å². The van der Waals surface area contributed by atoms with Crippen molar-refractivity contribution in [2.24, 2.45) is 0 Å². The van der Waals surface area contributed by atoms with E-state index in [1.807, 2.05) is 0 Å². The number of aromatic amines is 1. The van der Waals surface area contributed by atoms with E-state index in [0.717, 1.165) is 5.39 Å². The molecule has 0 fully saturated rings. The first-order valence-corrected chi connectivity index (χ1v) is 9.74. The smallest absolute Gasteiger partial charge is 0.340 e. The number of nitrogens with one attached hydrogen (secondary N) is 2. The predicted molar refractivity (Wildman–Crippen MR) is 115 cm³/mol. The SMILES string of the molecule is CCOC(=O)C(=CNc1cc(F)cc2[nH]ccc12)c1ccc(OC)cc1C(=O)OCC. The first kappa shape index (κ1) is 21.9. The van der Waals surface area contributed by atoms with Gasteiger partial charge >= 0.3 is 11.9 Å². The van der Waals surface area contributed by atoms with Crippen molar-refractivity contribution in [2.45, 2.75) is 13.8 Å². The number of benzene rings is 2. The molecule has 0 atom stereocenters. The van der Waals surface area contributed by atoms with Crippen molar-refractivity contribution in [3.63, 3.8) is 0 Å². The van der Waals surface area contributed by atoms with Crippen LogP contribution in [0.1, 0.15) is 29.8 Å². The van der Waals surface area contributed by atoms with Crippen LogP contribution >= 0.6 is 0 Å². The molecule has 7 nitrogen and oxygen atoms in total. The lowest BCUT2D eigenvalue weighted by Crippen LogP contribution is -2.14. The topological polar surface area (TPSA) is 89.6 Å². The number of ether oxygens (including phenoxy) is 3. The molecule has 3 rings (SSSR count). The van der Waals surface area contributed by atoms with Gasteiger partial charge in [0.05, 0.1) is 42.7 Å². The minimum atomic E-state index is -0.646. The minimum Gasteiger partial charge on any atom is -0.497 e. The maximum Gasteiger partial charge on any atom is 0.340 e. The van der Waals surface area contributed by atoms with Crippen LogP contribution in [0.25, 0.3) is 16.5 Å². The fourth-order valence-corrected chi connectivity index (χ4v) is 3.12. The number of hydrogen-bond donors (Lipinski definition) is 2. The van der Waals surface area contributed by atoms with Crippen molar-refractivity contribution in [1.29, 1.82) is 0 Å². The summed E-state index contributed by atoms with van der Waals surface area (Å²) in [6.45, 7) is 3.68. The maximum absolute atomic E-state index is 14.0. The zero-order chi connectivity index (χ0) is 22.4. The summed E-state index contributed by atoms with van der Waals surface area (Å²) in [5.41, 5.74) is 1.58. The number of anilines is 1. The highest BCUT2D eigenvalue weighted by Gasteiger charge is 2.22. The molecule has 0 saturated heterocycles. The summed E-state index contributed by atoms with van der Waals surface area (Å²) in [4.78, 5) is 28.2. The van der Waals surface area contributed by atoms with E-state index in [0.29, 0.717) is 22.5 Å². The molecule has 1 heterocycles. The minimum absolute atomic E-state index is 0.0838. The van der Waals surface area contributed by atoms with Gasteiger partial charge in [-0.3, -0.25) is 0 Å². The second-order valence-electron chi connectivity index (χ2n) is 6.45. The molecule has 31 heavy (non-hydrogen) atoms. The van der Waals surface area contributed by atoms with Crippen LogP contribution < -0.4 is 10.1 Å². The summed E-state index contributed by atoms with van der Waals surface area (Å²) in [5.74, 6) is -1.26. The van der Waals surface area contributed by atoms with E-state index in [1.165, 1.54) is 31.5 Å². The summed E-state index contributed by atoms with van der Waals surface area (Å²) in [6, 6.07) is 9.17. The Morgan fingerprint density at radius 2 is 1.84 bits per heavy atom. The fraction of sp³-hybridized carbons (Fsp3) is 0.217.